The minimum atomic E-state index is -0.657. The Kier molecular flexibility index (Phi) is 2.93. The molecule has 1 aromatic rings. The van der Waals surface area contributed by atoms with Gasteiger partial charge in [0.25, 0.3) is 0 Å². The second-order valence-electron chi connectivity index (χ2n) is 3.89. The van der Waals surface area contributed by atoms with Crippen molar-refractivity contribution in [1.29, 1.82) is 0 Å². The molecular formula is C10H15N3O3. The first-order valence-corrected chi connectivity index (χ1v) is 5.22. The summed E-state index contributed by atoms with van der Waals surface area (Å²) in [7, 11) is 1.69. The number of nitrogens with one attached hydrogen (secondary N) is 1. The van der Waals surface area contributed by atoms with Gasteiger partial charge >= 0.3 is 5.69 Å². The summed E-state index contributed by atoms with van der Waals surface area (Å²) in [5, 5.41) is 12.5. The Morgan fingerprint density at radius 3 is 2.94 bits per heavy atom. The van der Waals surface area contributed by atoms with Crippen LogP contribution in [-0.2, 0) is 4.74 Å². The van der Waals surface area contributed by atoms with Crippen LogP contribution in [0, 0.1) is 0 Å². The lowest BCUT2D eigenvalue weighted by Crippen LogP contribution is -2.31. The molecule has 3 unspecified atom stereocenters. The molecule has 2 heterocycles. The number of aromatic nitrogens is 2. The quantitative estimate of drug-likeness (QED) is 0.738. The summed E-state index contributed by atoms with van der Waals surface area (Å²) in [6.07, 6.45) is 0.782. The van der Waals surface area contributed by atoms with Crippen LogP contribution in [-0.4, -0.2) is 33.9 Å². The summed E-state index contributed by atoms with van der Waals surface area (Å²) in [5.41, 5.74) is -0.426. The molecule has 6 heteroatoms. The van der Waals surface area contributed by atoms with Gasteiger partial charge in [-0.2, -0.15) is 4.98 Å². The van der Waals surface area contributed by atoms with Gasteiger partial charge in [0.1, 0.15) is 11.9 Å². The molecule has 2 N–H and O–H groups in total. The number of nitrogens with zero attached hydrogens (tertiary/aromatic N) is 2. The van der Waals surface area contributed by atoms with E-state index in [-0.39, 0.29) is 6.10 Å². The van der Waals surface area contributed by atoms with Gasteiger partial charge in [0.2, 0.25) is 0 Å². The van der Waals surface area contributed by atoms with E-state index in [2.05, 4.69) is 10.3 Å². The van der Waals surface area contributed by atoms with E-state index in [1.807, 2.05) is 6.92 Å². The van der Waals surface area contributed by atoms with Gasteiger partial charge in [-0.15, -0.1) is 0 Å². The molecular weight excluding hydrogens is 210 g/mol. The van der Waals surface area contributed by atoms with Gasteiger partial charge in [-0.25, -0.2) is 4.79 Å². The highest BCUT2D eigenvalue weighted by molar-refractivity contribution is 5.30. The fourth-order valence-corrected chi connectivity index (χ4v) is 1.84. The lowest BCUT2D eigenvalue weighted by Gasteiger charge is -2.16. The molecule has 3 atom stereocenters. The van der Waals surface area contributed by atoms with Crippen molar-refractivity contribution in [2.75, 3.05) is 12.4 Å². The second kappa shape index (κ2) is 4.23. The zero-order chi connectivity index (χ0) is 11.7. The number of anilines is 1. The van der Waals surface area contributed by atoms with Crippen molar-refractivity contribution >= 4 is 5.82 Å². The van der Waals surface area contributed by atoms with E-state index in [0.29, 0.717) is 12.2 Å². The minimum absolute atomic E-state index is 0.0455. The Morgan fingerprint density at radius 2 is 2.44 bits per heavy atom. The van der Waals surface area contributed by atoms with Crippen LogP contribution in [0.1, 0.15) is 19.6 Å². The van der Waals surface area contributed by atoms with Crippen LogP contribution in [0.15, 0.2) is 17.1 Å². The van der Waals surface area contributed by atoms with Crippen LogP contribution in [0.5, 0.6) is 0 Å². The summed E-state index contributed by atoms with van der Waals surface area (Å²) in [5.74, 6) is 0.502. The topological polar surface area (TPSA) is 76.4 Å². The Morgan fingerprint density at radius 1 is 1.69 bits per heavy atom. The minimum Gasteiger partial charge on any atom is -0.388 e. The molecule has 1 aliphatic rings. The van der Waals surface area contributed by atoms with Crippen molar-refractivity contribution in [3.63, 3.8) is 0 Å². The van der Waals surface area contributed by atoms with Gasteiger partial charge < -0.3 is 15.2 Å². The molecule has 0 bridgehead atoms. The molecule has 6 nitrogen and oxygen atoms in total. The third-order valence-electron chi connectivity index (χ3n) is 2.63. The monoisotopic (exact) mass is 225 g/mol. The predicted octanol–water partition coefficient (Wildman–Crippen LogP) is -0.0467. The van der Waals surface area contributed by atoms with E-state index in [4.69, 9.17) is 4.74 Å². The molecule has 0 saturated carbocycles. The first-order valence-electron chi connectivity index (χ1n) is 5.22. The summed E-state index contributed by atoms with van der Waals surface area (Å²) in [6, 6.07) is 1.67. The zero-order valence-corrected chi connectivity index (χ0v) is 9.25. The summed E-state index contributed by atoms with van der Waals surface area (Å²) in [6.45, 7) is 1.86. The third kappa shape index (κ3) is 1.94. The van der Waals surface area contributed by atoms with E-state index in [0.717, 1.165) is 0 Å². The average molecular weight is 225 g/mol. The number of aliphatic hydroxyl groups is 1. The van der Waals surface area contributed by atoms with Gasteiger partial charge in [-0.1, -0.05) is 0 Å². The fraction of sp³-hybridized carbons (Fsp3) is 0.600. The third-order valence-corrected chi connectivity index (χ3v) is 2.63. The SMILES string of the molecule is CNc1ccn(C2OC(C)CC2O)c(=O)n1. The van der Waals surface area contributed by atoms with Gasteiger partial charge in [-0.3, -0.25) is 4.57 Å². The highest BCUT2D eigenvalue weighted by Gasteiger charge is 2.33. The molecule has 0 amide bonds. The number of aliphatic hydroxyl groups excluding tert-OH is 1. The van der Waals surface area contributed by atoms with E-state index in [1.165, 1.54) is 4.57 Å². The van der Waals surface area contributed by atoms with Crippen molar-refractivity contribution in [3.05, 3.63) is 22.7 Å². The summed E-state index contributed by atoms with van der Waals surface area (Å²) < 4.78 is 6.78. The van der Waals surface area contributed by atoms with Gasteiger partial charge in [0.05, 0.1) is 6.10 Å². The molecule has 0 radical (unpaired) electrons. The fourth-order valence-electron chi connectivity index (χ4n) is 1.84. The smallest absolute Gasteiger partial charge is 0.351 e. The normalized spacial score (nSPS) is 29.3. The molecule has 88 valence electrons. The highest BCUT2D eigenvalue weighted by atomic mass is 16.5. The molecule has 2 rings (SSSR count). The van der Waals surface area contributed by atoms with Gasteiger partial charge in [0.15, 0.2) is 6.23 Å². The number of rotatable bonds is 2. The van der Waals surface area contributed by atoms with Gasteiger partial charge in [0, 0.05) is 19.7 Å². The lowest BCUT2D eigenvalue weighted by molar-refractivity contribution is -0.0347. The Hall–Kier alpha value is -1.40. The molecule has 1 saturated heterocycles. The molecule has 1 aliphatic heterocycles. The molecule has 0 aliphatic carbocycles. The van der Waals surface area contributed by atoms with Crippen molar-refractivity contribution in [2.24, 2.45) is 0 Å². The van der Waals surface area contributed by atoms with Crippen molar-refractivity contribution < 1.29 is 9.84 Å². The number of hydrogen-bond acceptors (Lipinski definition) is 5. The standard InChI is InChI=1S/C10H15N3O3/c1-6-5-7(14)9(16-6)13-4-3-8(11-2)12-10(13)15/h3-4,6-7,9,14H,5H2,1-2H3,(H,11,12,15). The van der Waals surface area contributed by atoms with Crippen LogP contribution in [0.25, 0.3) is 0 Å². The molecule has 16 heavy (non-hydrogen) atoms. The Balaban J connectivity index is 2.31. The average Bonchev–Trinajstić information content (AvgIpc) is 2.57. The van der Waals surface area contributed by atoms with Crippen LogP contribution >= 0.6 is 0 Å². The maximum atomic E-state index is 11.7. The van der Waals surface area contributed by atoms with Crippen LogP contribution in [0.3, 0.4) is 0 Å². The first kappa shape index (κ1) is 11.1. The highest BCUT2D eigenvalue weighted by Crippen LogP contribution is 2.27. The Bertz CT molecular complexity index is 432. The van der Waals surface area contributed by atoms with Crippen molar-refractivity contribution in [1.82, 2.24) is 9.55 Å². The van der Waals surface area contributed by atoms with E-state index >= 15 is 0 Å². The number of hydrogen-bond donors (Lipinski definition) is 2. The Labute approximate surface area is 92.9 Å². The maximum absolute atomic E-state index is 11.7. The largest absolute Gasteiger partial charge is 0.388 e. The maximum Gasteiger partial charge on any atom is 0.351 e. The van der Waals surface area contributed by atoms with Gasteiger partial charge in [-0.05, 0) is 13.0 Å². The number of ether oxygens (including phenoxy) is 1. The van der Waals surface area contributed by atoms with E-state index < -0.39 is 18.0 Å². The van der Waals surface area contributed by atoms with Crippen molar-refractivity contribution in [3.8, 4) is 0 Å². The van der Waals surface area contributed by atoms with Crippen LogP contribution < -0.4 is 11.0 Å². The lowest BCUT2D eigenvalue weighted by atomic mass is 10.2. The van der Waals surface area contributed by atoms with Crippen LogP contribution in [0.4, 0.5) is 5.82 Å². The zero-order valence-electron chi connectivity index (χ0n) is 9.25. The van der Waals surface area contributed by atoms with Crippen LogP contribution in [0.2, 0.25) is 0 Å². The summed E-state index contributed by atoms with van der Waals surface area (Å²) >= 11 is 0. The van der Waals surface area contributed by atoms with E-state index in [9.17, 15) is 9.90 Å². The van der Waals surface area contributed by atoms with Crippen molar-refractivity contribution in [2.45, 2.75) is 31.8 Å². The first-order chi connectivity index (χ1) is 7.61. The summed E-state index contributed by atoms with van der Waals surface area (Å²) in [4.78, 5) is 15.5. The second-order valence-corrected chi connectivity index (χ2v) is 3.89. The molecule has 1 aromatic heterocycles. The predicted molar refractivity (Wildman–Crippen MR) is 58.3 cm³/mol. The molecule has 1 fully saturated rings. The molecule has 0 aromatic carbocycles. The molecule has 0 spiro atoms. The van der Waals surface area contributed by atoms with E-state index in [1.54, 1.807) is 19.3 Å².